The lowest BCUT2D eigenvalue weighted by molar-refractivity contribution is 0.102. The fraction of sp³-hybridized carbons (Fsp3) is 0.0526. The number of amides is 1. The van der Waals surface area contributed by atoms with Gasteiger partial charge in [0, 0.05) is 11.3 Å². The average Bonchev–Trinajstić information content (AvgIpc) is 3.36. The van der Waals surface area contributed by atoms with Gasteiger partial charge < -0.3 is 0 Å². The van der Waals surface area contributed by atoms with E-state index < -0.39 is 0 Å². The standard InChI is InChI=1S/C19H14FN5OS2/c1-27-19-21-11-15(25(19)14-9-7-13(20)8-10-14)16(26)22-18-24-23-17(28-18)12-5-3-2-4-6-12/h2-11H,1H3,(H,22,24,26). The molecule has 6 nitrogen and oxygen atoms in total. The van der Waals surface area contributed by atoms with E-state index in [4.69, 9.17) is 0 Å². The average molecular weight is 411 g/mol. The minimum atomic E-state index is -0.368. The molecule has 28 heavy (non-hydrogen) atoms. The highest BCUT2D eigenvalue weighted by molar-refractivity contribution is 7.98. The van der Waals surface area contributed by atoms with Crippen molar-refractivity contribution in [1.29, 1.82) is 0 Å². The molecule has 1 N–H and O–H groups in total. The summed E-state index contributed by atoms with van der Waals surface area (Å²) < 4.78 is 15.0. The molecule has 0 saturated carbocycles. The Morgan fingerprint density at radius 2 is 1.86 bits per heavy atom. The lowest BCUT2D eigenvalue weighted by Crippen LogP contribution is -2.16. The molecular formula is C19H14FN5OS2. The van der Waals surface area contributed by atoms with E-state index in [-0.39, 0.29) is 11.7 Å². The van der Waals surface area contributed by atoms with Crippen LogP contribution in [0.5, 0.6) is 0 Å². The molecule has 2 heterocycles. The maximum atomic E-state index is 13.3. The number of nitrogens with zero attached hydrogens (tertiary/aromatic N) is 4. The highest BCUT2D eigenvalue weighted by Gasteiger charge is 2.19. The minimum absolute atomic E-state index is 0.326. The highest BCUT2D eigenvalue weighted by atomic mass is 32.2. The Morgan fingerprint density at radius 1 is 1.11 bits per heavy atom. The lowest BCUT2D eigenvalue weighted by Gasteiger charge is -2.10. The van der Waals surface area contributed by atoms with Crippen molar-refractivity contribution in [3.8, 4) is 16.3 Å². The second-order valence-corrected chi connectivity index (χ2v) is 7.43. The molecule has 0 spiro atoms. The Hall–Kier alpha value is -3.04. The third-order valence-corrected chi connectivity index (χ3v) is 5.44. The summed E-state index contributed by atoms with van der Waals surface area (Å²) >= 11 is 2.68. The summed E-state index contributed by atoms with van der Waals surface area (Å²) in [5, 5.41) is 12.7. The van der Waals surface area contributed by atoms with Crippen LogP contribution in [-0.4, -0.2) is 31.9 Å². The second kappa shape index (κ2) is 7.91. The van der Waals surface area contributed by atoms with Gasteiger partial charge in [0.2, 0.25) is 5.13 Å². The summed E-state index contributed by atoms with van der Waals surface area (Å²) in [6.07, 6.45) is 3.35. The second-order valence-electron chi connectivity index (χ2n) is 5.67. The van der Waals surface area contributed by atoms with E-state index in [1.165, 1.54) is 41.4 Å². The first-order valence-electron chi connectivity index (χ1n) is 8.23. The van der Waals surface area contributed by atoms with E-state index in [1.807, 2.05) is 36.6 Å². The van der Waals surface area contributed by atoms with Crippen molar-refractivity contribution in [2.45, 2.75) is 5.16 Å². The van der Waals surface area contributed by atoms with E-state index in [9.17, 15) is 9.18 Å². The molecule has 0 radical (unpaired) electrons. The van der Waals surface area contributed by atoms with Gasteiger partial charge in [0.25, 0.3) is 5.91 Å². The predicted octanol–water partition coefficient (Wildman–Crippen LogP) is 4.50. The highest BCUT2D eigenvalue weighted by Crippen LogP contribution is 2.27. The van der Waals surface area contributed by atoms with Crippen molar-refractivity contribution in [3.05, 3.63) is 72.3 Å². The fourth-order valence-corrected chi connectivity index (χ4v) is 3.90. The summed E-state index contributed by atoms with van der Waals surface area (Å²) in [5.74, 6) is -0.712. The number of carbonyl (C=O) groups excluding carboxylic acids is 1. The Labute approximate surface area is 168 Å². The molecular weight excluding hydrogens is 397 g/mol. The number of benzene rings is 2. The molecule has 0 aliphatic heterocycles. The summed E-state index contributed by atoms with van der Waals surface area (Å²) in [7, 11) is 0. The van der Waals surface area contributed by atoms with E-state index >= 15 is 0 Å². The molecule has 2 aromatic heterocycles. The first-order chi connectivity index (χ1) is 13.7. The van der Waals surface area contributed by atoms with E-state index in [1.54, 1.807) is 16.7 Å². The van der Waals surface area contributed by atoms with Crippen LogP contribution in [0, 0.1) is 5.82 Å². The Balaban J connectivity index is 1.62. The molecule has 0 aliphatic carbocycles. The number of aromatic nitrogens is 4. The smallest absolute Gasteiger partial charge is 0.276 e. The maximum absolute atomic E-state index is 13.3. The number of rotatable bonds is 5. The predicted molar refractivity (Wildman–Crippen MR) is 109 cm³/mol. The maximum Gasteiger partial charge on any atom is 0.276 e. The van der Waals surface area contributed by atoms with Crippen molar-refractivity contribution in [1.82, 2.24) is 19.7 Å². The van der Waals surface area contributed by atoms with Gasteiger partial charge >= 0.3 is 0 Å². The van der Waals surface area contributed by atoms with Gasteiger partial charge in [-0.3, -0.25) is 14.7 Å². The van der Waals surface area contributed by atoms with Gasteiger partial charge in [0.1, 0.15) is 16.5 Å². The van der Waals surface area contributed by atoms with Crippen LogP contribution >= 0.6 is 23.1 Å². The van der Waals surface area contributed by atoms with Gasteiger partial charge in [0.05, 0.1) is 6.20 Å². The Morgan fingerprint density at radius 3 is 2.57 bits per heavy atom. The van der Waals surface area contributed by atoms with Gasteiger partial charge in [-0.1, -0.05) is 53.4 Å². The molecule has 4 aromatic rings. The third-order valence-electron chi connectivity index (χ3n) is 3.90. The number of nitrogens with one attached hydrogen (secondary N) is 1. The zero-order valence-corrected chi connectivity index (χ0v) is 16.3. The van der Waals surface area contributed by atoms with Crippen molar-refractivity contribution >= 4 is 34.1 Å². The van der Waals surface area contributed by atoms with Gasteiger partial charge in [-0.15, -0.1) is 10.2 Å². The van der Waals surface area contributed by atoms with Gasteiger partial charge in [0.15, 0.2) is 5.16 Å². The topological polar surface area (TPSA) is 72.7 Å². The summed E-state index contributed by atoms with van der Waals surface area (Å²) in [6.45, 7) is 0. The van der Waals surface area contributed by atoms with Crippen molar-refractivity contribution in [2.75, 3.05) is 11.6 Å². The molecule has 9 heteroatoms. The van der Waals surface area contributed by atoms with Crippen LogP contribution in [0.2, 0.25) is 0 Å². The molecule has 140 valence electrons. The number of imidazole rings is 1. The van der Waals surface area contributed by atoms with E-state index in [2.05, 4.69) is 20.5 Å². The van der Waals surface area contributed by atoms with Crippen LogP contribution in [0.3, 0.4) is 0 Å². The molecule has 2 aromatic carbocycles. The number of hydrogen-bond acceptors (Lipinski definition) is 6. The van der Waals surface area contributed by atoms with Crippen molar-refractivity contribution < 1.29 is 9.18 Å². The number of halogens is 1. The third kappa shape index (κ3) is 3.67. The molecule has 0 aliphatic rings. The van der Waals surface area contributed by atoms with Gasteiger partial charge in [-0.25, -0.2) is 9.37 Å². The van der Waals surface area contributed by atoms with Gasteiger partial charge in [-0.05, 0) is 30.5 Å². The van der Waals surface area contributed by atoms with Crippen LogP contribution in [0.25, 0.3) is 16.3 Å². The van der Waals surface area contributed by atoms with E-state index in [0.717, 1.165) is 5.56 Å². The molecule has 4 rings (SSSR count). The van der Waals surface area contributed by atoms with Gasteiger partial charge in [-0.2, -0.15) is 0 Å². The molecule has 0 atom stereocenters. The lowest BCUT2D eigenvalue weighted by atomic mass is 10.2. The largest absolute Gasteiger partial charge is 0.295 e. The van der Waals surface area contributed by atoms with Crippen LogP contribution in [0.1, 0.15) is 10.5 Å². The monoisotopic (exact) mass is 411 g/mol. The van der Waals surface area contributed by atoms with Crippen LogP contribution in [-0.2, 0) is 0 Å². The quantitative estimate of drug-likeness (QED) is 0.490. The number of hydrogen-bond donors (Lipinski definition) is 1. The number of carbonyl (C=O) groups is 1. The first-order valence-corrected chi connectivity index (χ1v) is 10.3. The Bertz CT molecular complexity index is 1110. The molecule has 0 saturated heterocycles. The molecule has 0 unspecified atom stereocenters. The fourth-order valence-electron chi connectivity index (χ4n) is 2.61. The van der Waals surface area contributed by atoms with Crippen LogP contribution in [0.15, 0.2) is 66.0 Å². The van der Waals surface area contributed by atoms with Crippen LogP contribution in [0.4, 0.5) is 9.52 Å². The Kier molecular flexibility index (Phi) is 5.18. The number of anilines is 1. The zero-order chi connectivity index (χ0) is 19.5. The minimum Gasteiger partial charge on any atom is -0.295 e. The van der Waals surface area contributed by atoms with E-state index in [0.29, 0.717) is 26.7 Å². The molecule has 0 bridgehead atoms. The SMILES string of the molecule is CSc1ncc(C(=O)Nc2nnc(-c3ccccc3)s2)n1-c1ccc(F)cc1. The number of thioether (sulfide) groups is 1. The molecule has 1 amide bonds. The van der Waals surface area contributed by atoms with Crippen molar-refractivity contribution in [2.24, 2.45) is 0 Å². The normalized spacial score (nSPS) is 10.8. The zero-order valence-electron chi connectivity index (χ0n) is 14.7. The van der Waals surface area contributed by atoms with Crippen LogP contribution < -0.4 is 5.32 Å². The first kappa shape index (κ1) is 18.3. The molecule has 0 fully saturated rings. The summed E-state index contributed by atoms with van der Waals surface area (Å²) in [5.41, 5.74) is 1.91. The summed E-state index contributed by atoms with van der Waals surface area (Å²) in [6, 6.07) is 15.5. The van der Waals surface area contributed by atoms with Crippen molar-refractivity contribution in [3.63, 3.8) is 0 Å². The summed E-state index contributed by atoms with van der Waals surface area (Å²) in [4.78, 5) is 17.1.